The van der Waals surface area contributed by atoms with Crippen LogP contribution < -0.4 is 9.62 Å². The first-order chi connectivity index (χ1) is 13.0. The largest absolute Gasteiger partial charge is 0.310 e. The maximum absolute atomic E-state index is 13.1. The average molecular weight is 381 g/mol. The van der Waals surface area contributed by atoms with Crippen LogP contribution in [0.3, 0.4) is 0 Å². The van der Waals surface area contributed by atoms with Crippen molar-refractivity contribution in [2.45, 2.75) is 24.7 Å². The van der Waals surface area contributed by atoms with Gasteiger partial charge in [0.05, 0.1) is 16.9 Å². The molecule has 2 aromatic carbocycles. The van der Waals surface area contributed by atoms with Crippen molar-refractivity contribution in [3.05, 3.63) is 60.3 Å². The summed E-state index contributed by atoms with van der Waals surface area (Å²) < 4.78 is 28.8. The molecule has 0 unspecified atom stereocenters. The van der Waals surface area contributed by atoms with Crippen LogP contribution in [-0.4, -0.2) is 25.9 Å². The van der Waals surface area contributed by atoms with Crippen molar-refractivity contribution in [2.24, 2.45) is 0 Å². The Bertz CT molecular complexity index is 1140. The lowest BCUT2D eigenvalue weighted by molar-refractivity contribution is -0.117. The number of rotatable bonds is 4. The monoisotopic (exact) mass is 381 g/mol. The van der Waals surface area contributed by atoms with Gasteiger partial charge in [-0.2, -0.15) is 0 Å². The molecule has 1 aliphatic rings. The number of aryl methyl sites for hydroxylation is 1. The first kappa shape index (κ1) is 17.5. The number of aromatic nitrogens is 1. The van der Waals surface area contributed by atoms with Gasteiger partial charge in [0.25, 0.3) is 10.0 Å². The average Bonchev–Trinajstić information content (AvgIpc) is 3.07. The van der Waals surface area contributed by atoms with Crippen molar-refractivity contribution in [3.8, 4) is 0 Å². The first-order valence-corrected chi connectivity index (χ1v) is 10.2. The van der Waals surface area contributed by atoms with E-state index in [2.05, 4.69) is 9.71 Å². The molecule has 3 aromatic rings. The SMILES string of the molecule is Cc1cnc2c(S(=O)(=O)Nc3ccccc3N3CCCC3=O)cccc2c1. The van der Waals surface area contributed by atoms with Crippen LogP contribution in [0.25, 0.3) is 10.9 Å². The third-order valence-electron chi connectivity index (χ3n) is 4.61. The smallest absolute Gasteiger partial charge is 0.264 e. The van der Waals surface area contributed by atoms with Gasteiger partial charge in [0.15, 0.2) is 0 Å². The maximum atomic E-state index is 13.1. The van der Waals surface area contributed by atoms with Crippen LogP contribution in [-0.2, 0) is 14.8 Å². The Kier molecular flexibility index (Phi) is 4.31. The topological polar surface area (TPSA) is 79.4 Å². The van der Waals surface area contributed by atoms with E-state index in [0.29, 0.717) is 29.9 Å². The molecular weight excluding hydrogens is 362 g/mol. The molecule has 1 aromatic heterocycles. The molecule has 6 nitrogen and oxygen atoms in total. The maximum Gasteiger partial charge on any atom is 0.264 e. The summed E-state index contributed by atoms with van der Waals surface area (Å²) in [6, 6.07) is 13.9. The van der Waals surface area contributed by atoms with Crippen molar-refractivity contribution >= 4 is 38.2 Å². The van der Waals surface area contributed by atoms with Gasteiger partial charge in [0.2, 0.25) is 5.91 Å². The number of benzene rings is 2. The number of nitrogens with one attached hydrogen (secondary N) is 1. The van der Waals surface area contributed by atoms with Gasteiger partial charge in [0.1, 0.15) is 4.90 Å². The van der Waals surface area contributed by atoms with E-state index in [1.807, 2.05) is 19.1 Å². The van der Waals surface area contributed by atoms with Gasteiger partial charge in [-0.1, -0.05) is 24.3 Å². The molecule has 0 spiro atoms. The summed E-state index contributed by atoms with van der Waals surface area (Å²) in [5.74, 6) is 0.00366. The highest BCUT2D eigenvalue weighted by Gasteiger charge is 2.26. The van der Waals surface area contributed by atoms with Crippen molar-refractivity contribution in [3.63, 3.8) is 0 Å². The Balaban J connectivity index is 1.77. The molecule has 2 heterocycles. The molecule has 0 radical (unpaired) electrons. The Labute approximate surface area is 157 Å². The standard InChI is InChI=1S/C20H19N3O3S/c1-14-12-15-6-4-9-18(20(15)21-13-14)27(25,26)22-16-7-2-3-8-17(16)23-11-5-10-19(23)24/h2-4,6-9,12-13,22H,5,10-11H2,1H3. The zero-order chi connectivity index (χ0) is 19.0. The summed E-state index contributed by atoms with van der Waals surface area (Å²) in [6.07, 6.45) is 2.90. The molecule has 0 atom stereocenters. The van der Waals surface area contributed by atoms with Crippen LogP contribution in [0.15, 0.2) is 59.6 Å². The summed E-state index contributed by atoms with van der Waals surface area (Å²) in [5, 5.41) is 0.765. The second-order valence-electron chi connectivity index (χ2n) is 6.61. The highest BCUT2D eigenvalue weighted by atomic mass is 32.2. The van der Waals surface area contributed by atoms with E-state index in [0.717, 1.165) is 17.4 Å². The van der Waals surface area contributed by atoms with Gasteiger partial charge in [-0.3, -0.25) is 14.5 Å². The number of para-hydroxylation sites is 3. The Morgan fingerprint density at radius 2 is 1.93 bits per heavy atom. The number of carbonyl (C=O) groups excluding carboxylic acids is 1. The molecular formula is C20H19N3O3S. The molecule has 1 saturated heterocycles. The van der Waals surface area contributed by atoms with Crippen molar-refractivity contribution < 1.29 is 13.2 Å². The number of nitrogens with zero attached hydrogens (tertiary/aromatic N) is 2. The van der Waals surface area contributed by atoms with Crippen LogP contribution in [0.5, 0.6) is 0 Å². The minimum Gasteiger partial charge on any atom is -0.310 e. The quantitative estimate of drug-likeness (QED) is 0.750. The number of fused-ring (bicyclic) bond motifs is 1. The van der Waals surface area contributed by atoms with Gasteiger partial charge in [-0.25, -0.2) is 8.42 Å². The molecule has 0 aliphatic carbocycles. The van der Waals surface area contributed by atoms with Gasteiger partial charge < -0.3 is 4.90 Å². The normalized spacial score (nSPS) is 14.7. The number of hydrogen-bond acceptors (Lipinski definition) is 4. The number of anilines is 2. The van der Waals surface area contributed by atoms with Crippen LogP contribution in [0, 0.1) is 6.92 Å². The number of hydrogen-bond donors (Lipinski definition) is 1. The Hall–Kier alpha value is -2.93. The minimum atomic E-state index is -3.87. The van der Waals surface area contributed by atoms with E-state index in [1.54, 1.807) is 41.4 Å². The lowest BCUT2D eigenvalue weighted by atomic mass is 10.2. The van der Waals surface area contributed by atoms with E-state index >= 15 is 0 Å². The first-order valence-electron chi connectivity index (χ1n) is 8.73. The van der Waals surface area contributed by atoms with E-state index < -0.39 is 10.0 Å². The summed E-state index contributed by atoms with van der Waals surface area (Å²) in [7, 11) is -3.87. The second kappa shape index (κ2) is 6.66. The predicted molar refractivity (Wildman–Crippen MR) is 105 cm³/mol. The highest BCUT2D eigenvalue weighted by molar-refractivity contribution is 7.93. The minimum absolute atomic E-state index is 0.00366. The van der Waals surface area contributed by atoms with Gasteiger partial charge >= 0.3 is 0 Å². The van der Waals surface area contributed by atoms with Crippen molar-refractivity contribution in [1.82, 2.24) is 4.98 Å². The van der Waals surface area contributed by atoms with Crippen molar-refractivity contribution in [2.75, 3.05) is 16.2 Å². The zero-order valence-corrected chi connectivity index (χ0v) is 15.7. The number of sulfonamides is 1. The van der Waals surface area contributed by atoms with Gasteiger partial charge in [-0.05, 0) is 43.2 Å². The molecule has 27 heavy (non-hydrogen) atoms. The fraction of sp³-hybridized carbons (Fsp3) is 0.200. The van der Waals surface area contributed by atoms with E-state index in [1.165, 1.54) is 6.07 Å². The fourth-order valence-corrected chi connectivity index (χ4v) is 4.61. The van der Waals surface area contributed by atoms with E-state index in [4.69, 9.17) is 0 Å². The third-order valence-corrected chi connectivity index (χ3v) is 6.01. The molecule has 7 heteroatoms. The van der Waals surface area contributed by atoms with E-state index in [9.17, 15) is 13.2 Å². The lowest BCUT2D eigenvalue weighted by Gasteiger charge is -2.20. The molecule has 1 aliphatic heterocycles. The fourth-order valence-electron chi connectivity index (χ4n) is 3.36. The summed E-state index contributed by atoms with van der Waals surface area (Å²) in [4.78, 5) is 18.2. The van der Waals surface area contributed by atoms with Crippen molar-refractivity contribution in [1.29, 1.82) is 0 Å². The molecule has 1 N–H and O–H groups in total. The summed E-state index contributed by atoms with van der Waals surface area (Å²) in [5.41, 5.74) is 2.35. The van der Waals surface area contributed by atoms with Crippen LogP contribution in [0.2, 0.25) is 0 Å². The zero-order valence-electron chi connectivity index (χ0n) is 14.8. The molecule has 1 amide bonds. The number of pyridine rings is 1. The number of amides is 1. The van der Waals surface area contributed by atoms with Gasteiger partial charge in [0, 0.05) is 24.5 Å². The summed E-state index contributed by atoms with van der Waals surface area (Å²) >= 11 is 0. The molecule has 0 saturated carbocycles. The molecule has 4 rings (SSSR count). The highest BCUT2D eigenvalue weighted by Crippen LogP contribution is 2.32. The molecule has 138 valence electrons. The Morgan fingerprint density at radius 1 is 1.11 bits per heavy atom. The van der Waals surface area contributed by atoms with Gasteiger partial charge in [-0.15, -0.1) is 0 Å². The second-order valence-corrected chi connectivity index (χ2v) is 8.26. The third kappa shape index (κ3) is 3.26. The molecule has 1 fully saturated rings. The van der Waals surface area contributed by atoms with Crippen LogP contribution in [0.1, 0.15) is 18.4 Å². The van der Waals surface area contributed by atoms with E-state index in [-0.39, 0.29) is 10.8 Å². The summed E-state index contributed by atoms with van der Waals surface area (Å²) in [6.45, 7) is 2.50. The molecule has 0 bridgehead atoms. The Morgan fingerprint density at radius 3 is 2.70 bits per heavy atom. The van der Waals surface area contributed by atoms with Crippen LogP contribution >= 0.6 is 0 Å². The van der Waals surface area contributed by atoms with Crippen LogP contribution in [0.4, 0.5) is 11.4 Å². The number of carbonyl (C=O) groups is 1. The lowest BCUT2D eigenvalue weighted by Crippen LogP contribution is -2.25. The predicted octanol–water partition coefficient (Wildman–Crippen LogP) is 3.47.